The number of fused-ring (bicyclic) bond motifs is 1. The molecule has 0 unspecified atom stereocenters. The van der Waals surface area contributed by atoms with Crippen LogP contribution in [-0.2, 0) is 0 Å². The van der Waals surface area contributed by atoms with Gasteiger partial charge in [-0.15, -0.1) is 11.3 Å². The van der Waals surface area contributed by atoms with Crippen LogP contribution in [0.5, 0.6) is 0 Å². The molecule has 0 spiro atoms. The quantitative estimate of drug-likeness (QED) is 0.618. The van der Waals surface area contributed by atoms with Gasteiger partial charge in [0.15, 0.2) is 0 Å². The van der Waals surface area contributed by atoms with Crippen molar-refractivity contribution in [3.8, 4) is 0 Å². The van der Waals surface area contributed by atoms with Crippen molar-refractivity contribution < 1.29 is 0 Å². The summed E-state index contributed by atoms with van der Waals surface area (Å²) in [6.45, 7) is 11.0. The van der Waals surface area contributed by atoms with Crippen LogP contribution in [0.2, 0.25) is 0 Å². The predicted octanol–water partition coefficient (Wildman–Crippen LogP) is 4.77. The Morgan fingerprint density at radius 1 is 1.00 bits per heavy atom. The Bertz CT molecular complexity index is 1060. The van der Waals surface area contributed by atoms with Gasteiger partial charge in [-0.2, -0.15) is 4.98 Å². The summed E-state index contributed by atoms with van der Waals surface area (Å²) in [6.07, 6.45) is 2.38. The number of likely N-dealkylation sites (N-methyl/N-ethyl adjacent to an activating group) is 1. The van der Waals surface area contributed by atoms with Gasteiger partial charge in [0, 0.05) is 48.0 Å². The van der Waals surface area contributed by atoms with Gasteiger partial charge in [0.2, 0.25) is 5.95 Å². The molecule has 6 nitrogen and oxygen atoms in total. The monoisotopic (exact) mass is 422 g/mol. The van der Waals surface area contributed by atoms with Crippen LogP contribution in [0.1, 0.15) is 30.2 Å². The van der Waals surface area contributed by atoms with Crippen molar-refractivity contribution in [1.29, 1.82) is 0 Å². The summed E-state index contributed by atoms with van der Waals surface area (Å²) < 4.78 is 0. The minimum Gasteiger partial charge on any atom is -0.369 e. The molecular formula is C23H30N6S. The number of nitrogens with zero attached hydrogens (tertiary/aromatic N) is 4. The van der Waals surface area contributed by atoms with E-state index < -0.39 is 0 Å². The van der Waals surface area contributed by atoms with Gasteiger partial charge in [0.25, 0.3) is 0 Å². The van der Waals surface area contributed by atoms with Gasteiger partial charge in [-0.3, -0.25) is 0 Å². The largest absolute Gasteiger partial charge is 0.369 e. The fourth-order valence-corrected chi connectivity index (χ4v) is 4.97. The van der Waals surface area contributed by atoms with Gasteiger partial charge in [0.05, 0.1) is 5.39 Å². The number of hydrogen-bond donors (Lipinski definition) is 2. The Labute approximate surface area is 182 Å². The van der Waals surface area contributed by atoms with Gasteiger partial charge in [-0.1, -0.05) is 0 Å². The Kier molecular flexibility index (Phi) is 4.82. The minimum absolute atomic E-state index is 0.172. The van der Waals surface area contributed by atoms with E-state index in [2.05, 4.69) is 72.5 Å². The molecule has 5 rings (SSSR count). The van der Waals surface area contributed by atoms with Gasteiger partial charge in [-0.25, -0.2) is 4.98 Å². The Hall–Kier alpha value is -2.38. The van der Waals surface area contributed by atoms with Crippen LogP contribution in [0.3, 0.4) is 0 Å². The summed E-state index contributed by atoms with van der Waals surface area (Å²) in [5.41, 5.74) is 3.74. The first kappa shape index (κ1) is 19.6. The summed E-state index contributed by atoms with van der Waals surface area (Å²) in [5, 5.41) is 8.27. The average molecular weight is 423 g/mol. The molecule has 0 atom stereocenters. The van der Waals surface area contributed by atoms with E-state index in [1.807, 2.05) is 0 Å². The van der Waals surface area contributed by atoms with E-state index >= 15 is 0 Å². The topological polar surface area (TPSA) is 56.3 Å². The lowest BCUT2D eigenvalue weighted by molar-refractivity contribution is 0.313. The highest BCUT2D eigenvalue weighted by Gasteiger charge is 2.38. The second kappa shape index (κ2) is 7.39. The predicted molar refractivity (Wildman–Crippen MR) is 128 cm³/mol. The van der Waals surface area contributed by atoms with Gasteiger partial charge >= 0.3 is 0 Å². The van der Waals surface area contributed by atoms with Crippen molar-refractivity contribution in [2.24, 2.45) is 0 Å². The zero-order valence-corrected chi connectivity index (χ0v) is 19.1. The molecule has 7 heteroatoms. The molecule has 30 heavy (non-hydrogen) atoms. The van der Waals surface area contributed by atoms with Crippen LogP contribution in [0, 0.1) is 13.8 Å². The number of rotatable bonds is 5. The maximum atomic E-state index is 4.87. The van der Waals surface area contributed by atoms with E-state index in [9.17, 15) is 0 Å². The van der Waals surface area contributed by atoms with Crippen LogP contribution >= 0.6 is 11.3 Å². The smallest absolute Gasteiger partial charge is 0.230 e. The highest BCUT2D eigenvalue weighted by Crippen LogP contribution is 2.41. The SMILES string of the molecule is Cc1sc2nc(Nc3ccc(N4CCN(C)CC4)cc3)nc(NC3(C)CC3)c2c1C. The van der Waals surface area contributed by atoms with E-state index in [-0.39, 0.29) is 5.54 Å². The lowest BCUT2D eigenvalue weighted by Crippen LogP contribution is -2.44. The molecule has 1 saturated carbocycles. The molecule has 1 aliphatic heterocycles. The van der Waals surface area contributed by atoms with Crippen molar-refractivity contribution in [2.45, 2.75) is 39.2 Å². The molecule has 1 aromatic carbocycles. The summed E-state index contributed by atoms with van der Waals surface area (Å²) >= 11 is 1.74. The molecule has 2 aromatic heterocycles. The van der Waals surface area contributed by atoms with Crippen LogP contribution in [0.4, 0.5) is 23.1 Å². The lowest BCUT2D eigenvalue weighted by Gasteiger charge is -2.34. The van der Waals surface area contributed by atoms with Crippen LogP contribution < -0.4 is 15.5 Å². The average Bonchev–Trinajstić information content (AvgIpc) is 3.37. The number of benzene rings is 1. The minimum atomic E-state index is 0.172. The van der Waals surface area contributed by atoms with Crippen molar-refractivity contribution >= 4 is 44.7 Å². The summed E-state index contributed by atoms with van der Waals surface area (Å²) in [5.74, 6) is 1.61. The third kappa shape index (κ3) is 3.84. The molecule has 3 aromatic rings. The lowest BCUT2D eigenvalue weighted by atomic mass is 10.2. The van der Waals surface area contributed by atoms with Crippen molar-refractivity contribution in [3.63, 3.8) is 0 Å². The first-order valence-electron chi connectivity index (χ1n) is 10.8. The first-order valence-corrected chi connectivity index (χ1v) is 11.6. The van der Waals surface area contributed by atoms with Gasteiger partial charge in [-0.05, 0) is 70.5 Å². The maximum absolute atomic E-state index is 4.87. The summed E-state index contributed by atoms with van der Waals surface area (Å²) in [7, 11) is 2.18. The molecule has 2 aliphatic rings. The molecule has 158 valence electrons. The van der Waals surface area contributed by atoms with E-state index in [1.165, 1.54) is 34.4 Å². The molecule has 2 N–H and O–H groups in total. The number of aromatic nitrogens is 2. The maximum Gasteiger partial charge on any atom is 0.230 e. The van der Waals surface area contributed by atoms with Crippen molar-refractivity contribution in [3.05, 3.63) is 34.7 Å². The van der Waals surface area contributed by atoms with Crippen LogP contribution in [0.15, 0.2) is 24.3 Å². The second-order valence-corrected chi connectivity index (χ2v) is 10.2. The fourth-order valence-electron chi connectivity index (χ4n) is 3.94. The number of piperazine rings is 1. The zero-order valence-electron chi connectivity index (χ0n) is 18.2. The third-order valence-electron chi connectivity index (χ3n) is 6.44. The van der Waals surface area contributed by atoms with Crippen LogP contribution in [-0.4, -0.2) is 53.6 Å². The third-order valence-corrected chi connectivity index (χ3v) is 7.54. The second-order valence-electron chi connectivity index (χ2n) is 9.01. The molecular weight excluding hydrogens is 392 g/mol. The molecule has 2 fully saturated rings. The van der Waals surface area contributed by atoms with Gasteiger partial charge < -0.3 is 20.4 Å². The molecule has 0 amide bonds. The summed E-state index contributed by atoms with van der Waals surface area (Å²) in [4.78, 5) is 16.9. The highest BCUT2D eigenvalue weighted by atomic mass is 32.1. The standard InChI is InChI=1S/C23H30N6S/c1-15-16(2)30-21-19(15)20(27-23(3)9-10-23)25-22(26-21)24-17-5-7-18(8-6-17)29-13-11-28(4)12-14-29/h5-8H,9-14H2,1-4H3,(H2,24,25,26,27). The molecule has 0 bridgehead atoms. The number of thiophene rings is 1. The number of anilines is 4. The first-order chi connectivity index (χ1) is 14.4. The number of aryl methyl sites for hydroxylation is 2. The Morgan fingerprint density at radius 2 is 1.70 bits per heavy atom. The van der Waals surface area contributed by atoms with Crippen molar-refractivity contribution in [1.82, 2.24) is 14.9 Å². The van der Waals surface area contributed by atoms with Crippen LogP contribution in [0.25, 0.3) is 10.2 Å². The van der Waals surface area contributed by atoms with E-state index in [0.717, 1.165) is 42.5 Å². The molecule has 0 radical (unpaired) electrons. The molecule has 1 aliphatic carbocycles. The van der Waals surface area contributed by atoms with Gasteiger partial charge in [0.1, 0.15) is 10.6 Å². The molecule has 1 saturated heterocycles. The Morgan fingerprint density at radius 3 is 2.37 bits per heavy atom. The normalized spacial score (nSPS) is 18.6. The zero-order chi connectivity index (χ0) is 20.9. The van der Waals surface area contributed by atoms with E-state index in [4.69, 9.17) is 9.97 Å². The molecule has 3 heterocycles. The summed E-state index contributed by atoms with van der Waals surface area (Å²) in [6, 6.07) is 8.63. The number of nitrogens with one attached hydrogen (secondary N) is 2. The Balaban J connectivity index is 1.39. The van der Waals surface area contributed by atoms with Crippen molar-refractivity contribution in [2.75, 3.05) is 48.8 Å². The van der Waals surface area contributed by atoms with E-state index in [0.29, 0.717) is 5.95 Å². The van der Waals surface area contributed by atoms with E-state index in [1.54, 1.807) is 11.3 Å². The highest BCUT2D eigenvalue weighted by molar-refractivity contribution is 7.18. The fraction of sp³-hybridized carbons (Fsp3) is 0.478. The number of hydrogen-bond acceptors (Lipinski definition) is 7.